The van der Waals surface area contributed by atoms with Crippen LogP contribution in [0.1, 0.15) is 12.0 Å². The van der Waals surface area contributed by atoms with E-state index in [1.807, 2.05) is 4.90 Å². The Balaban J connectivity index is 1.57. The van der Waals surface area contributed by atoms with Crippen molar-refractivity contribution in [2.45, 2.75) is 36.5 Å². The van der Waals surface area contributed by atoms with E-state index in [-0.39, 0.29) is 17.5 Å². The number of nitrogens with zero attached hydrogens (tertiary/aromatic N) is 3. The number of ether oxygens (including phenoxy) is 1. The second-order valence-corrected chi connectivity index (χ2v) is 9.39. The maximum atomic E-state index is 13.4. The topological polar surface area (TPSA) is 112 Å². The number of carbonyl (C=O) groups is 1. The first-order valence-corrected chi connectivity index (χ1v) is 11.5. The van der Waals surface area contributed by atoms with Crippen LogP contribution in [0.3, 0.4) is 0 Å². The summed E-state index contributed by atoms with van der Waals surface area (Å²) in [6, 6.07) is 5.66. The number of amides is 1. The number of halogens is 1. The van der Waals surface area contributed by atoms with E-state index in [1.54, 1.807) is 12.1 Å². The third-order valence-corrected chi connectivity index (χ3v) is 7.67. The van der Waals surface area contributed by atoms with Gasteiger partial charge in [0.25, 0.3) is 0 Å². The van der Waals surface area contributed by atoms with Crippen LogP contribution in [0.25, 0.3) is 0 Å². The Labute approximate surface area is 185 Å². The summed E-state index contributed by atoms with van der Waals surface area (Å²) in [6.07, 6.45) is -1.93. The summed E-state index contributed by atoms with van der Waals surface area (Å²) in [7, 11) is 0. The minimum Gasteiger partial charge on any atom is -0.390 e. The number of aliphatic hydroxyl groups is 2. The number of aliphatic imine (C=N–C) groups is 1. The largest absolute Gasteiger partial charge is 0.390 e. The molecule has 8 nitrogen and oxygen atoms in total. The Morgan fingerprint density at radius 1 is 1.26 bits per heavy atom. The van der Waals surface area contributed by atoms with E-state index in [0.29, 0.717) is 18.3 Å². The Hall–Kier alpha value is -1.72. The van der Waals surface area contributed by atoms with Crippen molar-refractivity contribution < 1.29 is 24.1 Å². The average molecular weight is 453 g/mol. The van der Waals surface area contributed by atoms with Gasteiger partial charge in [-0.3, -0.25) is 14.7 Å². The second-order valence-electron chi connectivity index (χ2n) is 8.25. The number of hydrogen-bond donors (Lipinski definition) is 3. The van der Waals surface area contributed by atoms with Crippen LogP contribution in [0.4, 0.5) is 4.39 Å². The molecule has 1 aromatic carbocycles. The number of fused-ring (bicyclic) bond motifs is 1. The summed E-state index contributed by atoms with van der Waals surface area (Å²) < 4.78 is 18.7. The summed E-state index contributed by atoms with van der Waals surface area (Å²) in [4.78, 5) is 21.1. The van der Waals surface area contributed by atoms with Crippen LogP contribution < -0.4 is 5.73 Å². The number of primary amides is 1. The first kappa shape index (κ1) is 22.5. The zero-order valence-electron chi connectivity index (χ0n) is 17.3. The van der Waals surface area contributed by atoms with Crippen molar-refractivity contribution in [3.8, 4) is 0 Å². The number of nitrogens with two attached hydrogens (primary N) is 1. The van der Waals surface area contributed by atoms with Gasteiger partial charge in [-0.1, -0.05) is 23.9 Å². The SMILES string of the molecule is NC(=O)[C@H]1C[C@@H](O)[C@H](O)[C@H]2[C@@H]1SC(=NCCN1CCOCC1)N2Cc1ccc(F)cc1. The molecular formula is C21H29FN4O4S. The van der Waals surface area contributed by atoms with E-state index in [0.717, 1.165) is 38.4 Å². The highest BCUT2D eigenvalue weighted by Gasteiger charge is 2.54. The molecule has 1 aromatic rings. The lowest BCUT2D eigenvalue weighted by atomic mass is 9.80. The Morgan fingerprint density at radius 2 is 1.97 bits per heavy atom. The van der Waals surface area contributed by atoms with E-state index < -0.39 is 30.1 Å². The van der Waals surface area contributed by atoms with Crippen molar-refractivity contribution in [1.82, 2.24) is 9.80 Å². The van der Waals surface area contributed by atoms with Crippen molar-refractivity contribution in [2.75, 3.05) is 39.4 Å². The molecule has 1 aliphatic carbocycles. The van der Waals surface area contributed by atoms with Gasteiger partial charge in [-0.2, -0.15) is 0 Å². The molecule has 0 radical (unpaired) electrons. The molecule has 4 N–H and O–H groups in total. The minimum absolute atomic E-state index is 0.135. The van der Waals surface area contributed by atoms with E-state index >= 15 is 0 Å². The zero-order valence-corrected chi connectivity index (χ0v) is 18.1. The number of carbonyl (C=O) groups excluding carboxylic acids is 1. The van der Waals surface area contributed by atoms with Crippen LogP contribution in [-0.2, 0) is 16.1 Å². The normalized spacial score (nSPS) is 32.9. The first-order chi connectivity index (χ1) is 14.9. The average Bonchev–Trinajstić information content (AvgIpc) is 3.11. The molecule has 0 unspecified atom stereocenters. The Morgan fingerprint density at radius 3 is 2.65 bits per heavy atom. The molecule has 10 heteroatoms. The van der Waals surface area contributed by atoms with Gasteiger partial charge in [0.2, 0.25) is 5.91 Å². The van der Waals surface area contributed by atoms with Gasteiger partial charge in [-0.05, 0) is 24.1 Å². The molecule has 2 saturated heterocycles. The summed E-state index contributed by atoms with van der Waals surface area (Å²) in [5.41, 5.74) is 6.48. The van der Waals surface area contributed by atoms with Crippen LogP contribution in [0, 0.1) is 11.7 Å². The molecule has 3 aliphatic rings. The predicted molar refractivity (Wildman–Crippen MR) is 116 cm³/mol. The molecule has 31 heavy (non-hydrogen) atoms. The highest BCUT2D eigenvalue weighted by molar-refractivity contribution is 8.14. The monoisotopic (exact) mass is 452 g/mol. The van der Waals surface area contributed by atoms with Gasteiger partial charge in [-0.25, -0.2) is 4.39 Å². The molecule has 170 valence electrons. The van der Waals surface area contributed by atoms with Gasteiger partial charge in [0, 0.05) is 31.4 Å². The van der Waals surface area contributed by atoms with Crippen molar-refractivity contribution in [3.05, 3.63) is 35.6 Å². The molecule has 0 spiro atoms. The predicted octanol–water partition coefficient (Wildman–Crippen LogP) is 0.0269. The molecule has 0 bridgehead atoms. The molecule has 3 fully saturated rings. The molecular weight excluding hydrogens is 423 g/mol. The molecule has 1 saturated carbocycles. The Bertz CT molecular complexity index is 805. The molecule has 2 heterocycles. The van der Waals surface area contributed by atoms with Crippen molar-refractivity contribution in [3.63, 3.8) is 0 Å². The summed E-state index contributed by atoms with van der Waals surface area (Å²) in [6.45, 7) is 4.93. The third-order valence-electron chi connectivity index (χ3n) is 6.22. The van der Waals surface area contributed by atoms with Crippen LogP contribution >= 0.6 is 11.8 Å². The maximum absolute atomic E-state index is 13.4. The van der Waals surface area contributed by atoms with Crippen LogP contribution in [0.5, 0.6) is 0 Å². The fourth-order valence-corrected chi connectivity index (χ4v) is 6.09. The molecule has 1 amide bonds. The van der Waals surface area contributed by atoms with Gasteiger partial charge < -0.3 is 25.6 Å². The van der Waals surface area contributed by atoms with Crippen LogP contribution in [0.15, 0.2) is 29.3 Å². The quantitative estimate of drug-likeness (QED) is 0.558. The third kappa shape index (κ3) is 5.04. The minimum atomic E-state index is -1.04. The highest BCUT2D eigenvalue weighted by Crippen LogP contribution is 2.44. The number of aliphatic hydroxyl groups excluding tert-OH is 2. The number of benzene rings is 1. The number of thioether (sulfide) groups is 1. The highest BCUT2D eigenvalue weighted by atomic mass is 32.2. The van der Waals surface area contributed by atoms with Crippen molar-refractivity contribution in [1.29, 1.82) is 0 Å². The second kappa shape index (κ2) is 9.83. The lowest BCUT2D eigenvalue weighted by Crippen LogP contribution is -2.58. The number of morpholine rings is 1. The van der Waals surface area contributed by atoms with Gasteiger partial charge in [-0.15, -0.1) is 0 Å². The number of hydrogen-bond acceptors (Lipinski definition) is 7. The van der Waals surface area contributed by atoms with Gasteiger partial charge in [0.1, 0.15) is 11.9 Å². The zero-order chi connectivity index (χ0) is 22.0. The van der Waals surface area contributed by atoms with Gasteiger partial charge >= 0.3 is 0 Å². The van der Waals surface area contributed by atoms with E-state index in [4.69, 9.17) is 15.5 Å². The van der Waals surface area contributed by atoms with Crippen molar-refractivity contribution >= 4 is 22.8 Å². The standard InChI is InChI=1S/C21H29FN4O4S/c22-14-3-1-13(2-4-14)12-26-17-18(28)16(27)11-15(20(23)29)19(17)31-21(26)24-5-6-25-7-9-30-10-8-25/h1-4,15-19,27-28H,5-12H2,(H2,23,29)/t15-,16+,17-,18-,19+/m0/s1. The van der Waals surface area contributed by atoms with E-state index in [2.05, 4.69) is 4.90 Å². The van der Waals surface area contributed by atoms with Crippen LogP contribution in [0.2, 0.25) is 0 Å². The van der Waals surface area contributed by atoms with Gasteiger partial charge in [0.05, 0.1) is 37.8 Å². The molecule has 0 aromatic heterocycles. The Kier molecular flexibility index (Phi) is 7.12. The van der Waals surface area contributed by atoms with E-state index in [1.165, 1.54) is 23.9 Å². The lowest BCUT2D eigenvalue weighted by molar-refractivity contribution is -0.128. The van der Waals surface area contributed by atoms with Crippen molar-refractivity contribution in [2.24, 2.45) is 16.6 Å². The number of amidine groups is 1. The van der Waals surface area contributed by atoms with Crippen LogP contribution in [-0.4, -0.2) is 94.0 Å². The lowest BCUT2D eigenvalue weighted by Gasteiger charge is -2.41. The molecule has 2 aliphatic heterocycles. The maximum Gasteiger partial charge on any atom is 0.221 e. The van der Waals surface area contributed by atoms with E-state index in [9.17, 15) is 19.4 Å². The molecule has 4 rings (SSSR count). The smallest absolute Gasteiger partial charge is 0.221 e. The fraction of sp³-hybridized carbons (Fsp3) is 0.619. The summed E-state index contributed by atoms with van der Waals surface area (Å²) >= 11 is 1.44. The fourth-order valence-electron chi connectivity index (χ4n) is 4.50. The van der Waals surface area contributed by atoms with Gasteiger partial charge in [0.15, 0.2) is 5.17 Å². The number of rotatable bonds is 6. The summed E-state index contributed by atoms with van der Waals surface area (Å²) in [5.74, 6) is -1.36. The summed E-state index contributed by atoms with van der Waals surface area (Å²) in [5, 5.41) is 21.6. The first-order valence-electron chi connectivity index (χ1n) is 10.6. The molecule has 5 atom stereocenters.